The number of benzene rings is 2. The Hall–Kier alpha value is -6.32. The number of ether oxygens (including phenoxy) is 2. The van der Waals surface area contributed by atoms with Gasteiger partial charge in [-0.05, 0) is 47.5 Å². The first kappa shape index (κ1) is 57.9. The van der Waals surface area contributed by atoms with Crippen molar-refractivity contribution < 1.29 is 136 Å². The Kier molecular flexibility index (Phi) is 17.4. The summed E-state index contributed by atoms with van der Waals surface area (Å²) in [5.41, 5.74) is -15.7. The molecule has 2 fully saturated rings. The molecule has 27 nitrogen and oxygen atoms in total. The monoisotopic (exact) mass is 1060 g/mol. The second-order valence-corrected chi connectivity index (χ2v) is 17.9. The van der Waals surface area contributed by atoms with Crippen LogP contribution in [-0.2, 0) is 28.7 Å². The quantitative estimate of drug-likeness (QED) is 0.0448. The molecule has 2 aromatic rings. The second kappa shape index (κ2) is 22.5. The van der Waals surface area contributed by atoms with E-state index in [0.717, 1.165) is 36.4 Å². The maximum atomic E-state index is 15.3. The van der Waals surface area contributed by atoms with E-state index in [1.54, 1.807) is 0 Å². The molecule has 2 heterocycles. The molecule has 4 aliphatic rings. The topological polar surface area (TPSA) is 512 Å². The Morgan fingerprint density at radius 2 is 0.853 bits per heavy atom. The van der Waals surface area contributed by atoms with Gasteiger partial charge in [0.25, 0.3) is 0 Å². The Bertz CT molecular complexity index is 2530. The number of aromatic hydroxyl groups is 2. The van der Waals surface area contributed by atoms with Gasteiger partial charge in [-0.25, -0.2) is 0 Å². The van der Waals surface area contributed by atoms with Gasteiger partial charge in [-0.2, -0.15) is 0 Å². The Morgan fingerprint density at radius 3 is 1.17 bits per heavy atom. The van der Waals surface area contributed by atoms with E-state index in [0.29, 0.717) is 12.2 Å². The fraction of sp³-hybridized carbons (Fsp3) is 0.417. The fourth-order valence-electron chi connectivity index (χ4n) is 9.07. The molecule has 2 aliphatic carbocycles. The van der Waals surface area contributed by atoms with Gasteiger partial charge in [-0.15, -0.1) is 0 Å². The molecule has 0 bridgehead atoms. The van der Waals surface area contributed by atoms with Gasteiger partial charge in [0.2, 0.25) is 34.3 Å². The van der Waals surface area contributed by atoms with Crippen LogP contribution in [0.25, 0.3) is 12.2 Å². The van der Waals surface area contributed by atoms with Gasteiger partial charge in [-0.1, -0.05) is 36.4 Å². The first-order valence-corrected chi connectivity index (χ1v) is 22.4. The fourth-order valence-corrected chi connectivity index (χ4v) is 9.07. The first-order chi connectivity index (χ1) is 35.2. The Balaban J connectivity index is 1.77. The van der Waals surface area contributed by atoms with Crippen molar-refractivity contribution in [1.29, 1.82) is 0 Å². The summed E-state index contributed by atoms with van der Waals surface area (Å²) in [4.78, 5) is 60.1. The lowest BCUT2D eigenvalue weighted by molar-refractivity contribution is -0.261. The van der Waals surface area contributed by atoms with Gasteiger partial charge in [0, 0.05) is 0 Å². The van der Waals surface area contributed by atoms with Crippen LogP contribution in [-0.4, -0.2) is 247 Å². The number of carbonyl (C=O) groups is 4. The Morgan fingerprint density at radius 1 is 0.507 bits per heavy atom. The van der Waals surface area contributed by atoms with Crippen LogP contribution in [0.15, 0.2) is 106 Å². The average Bonchev–Trinajstić information content (AvgIpc) is 3.39. The molecule has 16 atom stereocenters. The van der Waals surface area contributed by atoms with Crippen molar-refractivity contribution in [3.63, 3.8) is 0 Å². The summed E-state index contributed by atoms with van der Waals surface area (Å²) in [6, 6.07) is 9.47. The highest BCUT2D eigenvalue weighted by atomic mass is 16.6. The third-order valence-corrected chi connectivity index (χ3v) is 13.3. The van der Waals surface area contributed by atoms with E-state index in [1.807, 2.05) is 0 Å². The number of aliphatic hydroxyl groups is 19. The van der Waals surface area contributed by atoms with Crippen LogP contribution in [0, 0.1) is 5.92 Å². The summed E-state index contributed by atoms with van der Waals surface area (Å²) in [5, 5.41) is 233. The highest BCUT2D eigenvalue weighted by Gasteiger charge is 2.68. The van der Waals surface area contributed by atoms with E-state index in [1.165, 1.54) is 24.3 Å². The highest BCUT2D eigenvalue weighted by molar-refractivity contribution is 6.31. The smallest absolute Gasteiger partial charge is 0.219 e. The van der Waals surface area contributed by atoms with Gasteiger partial charge >= 0.3 is 0 Å². The van der Waals surface area contributed by atoms with Crippen LogP contribution in [0.3, 0.4) is 0 Å². The number of hydrogen-bond acceptors (Lipinski definition) is 27. The lowest BCUT2D eigenvalue weighted by atomic mass is 9.62. The minimum Gasteiger partial charge on any atom is -0.508 e. The molecule has 75 heavy (non-hydrogen) atoms. The number of aliphatic hydroxyl groups excluding tert-OH is 17. The van der Waals surface area contributed by atoms with Crippen LogP contribution in [0.2, 0.25) is 0 Å². The van der Waals surface area contributed by atoms with Crippen molar-refractivity contribution in [2.45, 2.75) is 96.7 Å². The van der Waals surface area contributed by atoms with E-state index in [9.17, 15) is 117 Å². The molecule has 0 unspecified atom stereocenters. The predicted octanol–water partition coefficient (Wildman–Crippen LogP) is -6.42. The third-order valence-electron chi connectivity index (χ3n) is 13.3. The van der Waals surface area contributed by atoms with Gasteiger partial charge in [-0.3, -0.25) is 19.2 Å². The van der Waals surface area contributed by atoms with Gasteiger partial charge in [0.15, 0.2) is 0 Å². The van der Waals surface area contributed by atoms with E-state index in [4.69, 9.17) is 9.47 Å². The molecular weight excluding hydrogens is 1010 g/mol. The lowest BCUT2D eigenvalue weighted by Crippen LogP contribution is -2.72. The summed E-state index contributed by atoms with van der Waals surface area (Å²) in [6.45, 7) is -4.07. The lowest BCUT2D eigenvalue weighted by Gasteiger charge is -2.48. The third kappa shape index (κ3) is 10.1. The van der Waals surface area contributed by atoms with Crippen LogP contribution in [0.5, 0.6) is 11.5 Å². The molecule has 408 valence electrons. The van der Waals surface area contributed by atoms with E-state index >= 15 is 9.59 Å². The summed E-state index contributed by atoms with van der Waals surface area (Å²) in [7, 11) is 0. The van der Waals surface area contributed by atoms with E-state index in [-0.39, 0.29) is 22.6 Å². The van der Waals surface area contributed by atoms with Crippen molar-refractivity contribution in [3.05, 3.63) is 117 Å². The van der Waals surface area contributed by atoms with Gasteiger partial charge in [0.05, 0.1) is 43.0 Å². The molecule has 2 saturated heterocycles. The SMILES string of the molecule is O=C1C(=C(O)/C=C/c2ccc(O)cc2)C(O)=C(C(C2=C(O)C(=C(O)/C=C/c3ccc(O)cc3)C(=O)[C@](O)([C@@H]3O[C@H](CO)[C@@H](O)[C@H](O)[C@H]3O)C2=O)[C@H](O)[C@@H](O)[C@H](O)[C@H](O)CO)C(=O)[C@@]1(O)[C@@H]1O[C@H](CO)[C@@H](O)[C@H](O)[C@H]1O. The predicted molar refractivity (Wildman–Crippen MR) is 245 cm³/mol. The number of rotatable bonds is 15. The average molecular weight is 1060 g/mol. The van der Waals surface area contributed by atoms with Gasteiger partial charge in [0.1, 0.15) is 125 Å². The molecule has 27 heteroatoms. The summed E-state index contributed by atoms with van der Waals surface area (Å²) >= 11 is 0. The first-order valence-electron chi connectivity index (χ1n) is 22.4. The van der Waals surface area contributed by atoms with E-state index in [2.05, 4.69) is 0 Å². The molecule has 2 aliphatic heterocycles. The molecule has 0 amide bonds. The summed E-state index contributed by atoms with van der Waals surface area (Å²) < 4.78 is 10.7. The zero-order chi connectivity index (χ0) is 55.9. The number of phenolic OH excluding ortho intramolecular Hbond substituents is 2. The van der Waals surface area contributed by atoms with Crippen molar-refractivity contribution in [3.8, 4) is 11.5 Å². The van der Waals surface area contributed by atoms with E-state index < -0.39 is 191 Å². The van der Waals surface area contributed by atoms with Crippen molar-refractivity contribution >= 4 is 35.3 Å². The molecule has 0 spiro atoms. The van der Waals surface area contributed by atoms with Crippen molar-refractivity contribution in [2.75, 3.05) is 19.8 Å². The number of hydrogen-bond donors (Lipinski definition) is 21. The number of ketones is 4. The van der Waals surface area contributed by atoms with Crippen molar-refractivity contribution in [2.24, 2.45) is 5.92 Å². The van der Waals surface area contributed by atoms with Crippen LogP contribution in [0.1, 0.15) is 11.1 Å². The van der Waals surface area contributed by atoms with Gasteiger partial charge < -0.3 is 117 Å². The molecule has 2 aromatic carbocycles. The van der Waals surface area contributed by atoms with Crippen LogP contribution >= 0.6 is 0 Å². The molecule has 6 rings (SSSR count). The minimum atomic E-state index is -4.30. The largest absolute Gasteiger partial charge is 0.508 e. The normalized spacial score (nSPS) is 34.5. The van der Waals surface area contributed by atoms with Crippen LogP contribution < -0.4 is 0 Å². The molecule has 0 saturated carbocycles. The molecular formula is C48H54O27. The molecule has 0 radical (unpaired) electrons. The number of carbonyl (C=O) groups excluding carboxylic acids is 4. The molecule has 0 aromatic heterocycles. The summed E-state index contributed by atoms with van der Waals surface area (Å²) in [5.74, 6) is -20.2. The van der Waals surface area contributed by atoms with Crippen LogP contribution in [0.4, 0.5) is 0 Å². The number of Topliss-reactive ketones (excluding diaryl/α,β-unsaturated/α-hetero) is 4. The zero-order valence-corrected chi connectivity index (χ0v) is 38.6. The maximum Gasteiger partial charge on any atom is 0.219 e. The minimum absolute atomic E-state index is 0.0960. The number of phenols is 2. The highest BCUT2D eigenvalue weighted by Crippen LogP contribution is 2.48. The maximum absolute atomic E-state index is 15.3. The Labute approximate surface area is 421 Å². The number of allylic oxidation sites excluding steroid dienone is 4. The molecule has 21 N–H and O–H groups in total. The van der Waals surface area contributed by atoms with Crippen molar-refractivity contribution in [1.82, 2.24) is 0 Å². The summed E-state index contributed by atoms with van der Waals surface area (Å²) in [6.07, 6.45) is -34.3. The zero-order valence-electron chi connectivity index (χ0n) is 38.6. The second-order valence-electron chi connectivity index (χ2n) is 17.9. The standard InChI is InChI=1S/C48H54O27/c49-13-22(56)30(57)36(63)35(62)27(28-33(60)25(20(54)11-5-16-1-7-18(52)8-2-16)41(68)47(72,43(28)70)45-39(66)37(64)31(58)23(14-50)74-45)29-34(61)26(21(55)12-6-17-3-9-19(53)10-4-17)42(69)48(73,44(29)71)46-40(67)38(65)32(59)24(15-51)75-46/h1-12,22-24,27,30-32,35-40,45-46,49-67,72-73H,13-15H2/b11-5+,12-6+,25-20?,26-21?/t22-,23-,24-,27?,30-,31-,32-,35+,36+,37+,38+,39-,40-,45-,46-,47-,48-/m1/s1.